The topological polar surface area (TPSA) is 63.1 Å². The summed E-state index contributed by atoms with van der Waals surface area (Å²) in [7, 11) is 0. The fraction of sp³-hybridized carbons (Fsp3) is 0.0667. The van der Waals surface area contributed by atoms with Crippen LogP contribution in [0, 0.1) is 12.7 Å². The van der Waals surface area contributed by atoms with Gasteiger partial charge >= 0.3 is 0 Å². The highest BCUT2D eigenvalue weighted by Crippen LogP contribution is 2.26. The van der Waals surface area contributed by atoms with Crippen molar-refractivity contribution >= 4 is 34.1 Å². The Morgan fingerprint density at radius 2 is 1.53 bits per heavy atom. The first kappa shape index (κ1) is 23.1. The molecule has 178 valence electrons. The highest BCUT2D eigenvalue weighted by Gasteiger charge is 2.17. The summed E-state index contributed by atoms with van der Waals surface area (Å²) < 4.78 is 15.5. The fourth-order valence-electron chi connectivity index (χ4n) is 4.25. The number of nitrogens with one attached hydrogen (secondary N) is 2. The molecule has 0 fully saturated rings. The van der Waals surface area contributed by atoms with Gasteiger partial charge in [-0.2, -0.15) is 0 Å². The molecule has 2 N–H and O–H groups in total. The van der Waals surface area contributed by atoms with Crippen molar-refractivity contribution in [3.63, 3.8) is 0 Å². The number of amides is 2. The first-order chi connectivity index (χ1) is 17.5. The molecule has 0 aliphatic heterocycles. The molecule has 5 rings (SSSR count). The van der Waals surface area contributed by atoms with Gasteiger partial charge in [-0.1, -0.05) is 54.1 Å². The maximum Gasteiger partial charge on any atom is 0.272 e. The molecule has 1 aromatic heterocycles. The van der Waals surface area contributed by atoms with E-state index in [0.717, 1.165) is 22.0 Å². The number of aryl methyl sites for hydroxylation is 1. The van der Waals surface area contributed by atoms with Crippen molar-refractivity contribution in [2.24, 2.45) is 0 Å². The molecule has 5 aromatic rings. The molecule has 4 aromatic carbocycles. The van der Waals surface area contributed by atoms with Gasteiger partial charge in [0.15, 0.2) is 0 Å². The lowest BCUT2D eigenvalue weighted by molar-refractivity contribution is 0.101. The summed E-state index contributed by atoms with van der Waals surface area (Å²) in [6, 6.07) is 30.3. The van der Waals surface area contributed by atoms with Crippen LogP contribution in [0.4, 0.5) is 15.8 Å². The molecule has 0 atom stereocenters. The minimum absolute atomic E-state index is 0.226. The zero-order chi connectivity index (χ0) is 25.1. The normalized spacial score (nSPS) is 10.8. The van der Waals surface area contributed by atoms with Crippen LogP contribution in [0.3, 0.4) is 0 Å². The van der Waals surface area contributed by atoms with Crippen molar-refractivity contribution in [1.82, 2.24) is 4.57 Å². The van der Waals surface area contributed by atoms with Gasteiger partial charge in [-0.15, -0.1) is 0 Å². The molecule has 2 amide bonds. The third-order valence-electron chi connectivity index (χ3n) is 5.93. The average Bonchev–Trinajstić information content (AvgIpc) is 3.22. The van der Waals surface area contributed by atoms with E-state index < -0.39 is 11.7 Å². The summed E-state index contributed by atoms with van der Waals surface area (Å²) >= 11 is 0. The van der Waals surface area contributed by atoms with Crippen LogP contribution < -0.4 is 10.6 Å². The third-order valence-corrected chi connectivity index (χ3v) is 5.93. The number of carbonyl (C=O) groups is 2. The van der Waals surface area contributed by atoms with Crippen LogP contribution in [0.25, 0.3) is 10.9 Å². The standard InChI is InChI=1S/C30H24FN3O2/c1-20-7-5-8-21(15-20)19-34-27-14-13-26(33-29(35)22-9-6-10-24(31)16-22)17-23(27)18-28(34)30(36)32-25-11-3-2-4-12-25/h2-18H,19H2,1H3,(H,32,36)(H,33,35). The Labute approximate surface area is 208 Å². The lowest BCUT2D eigenvalue weighted by atomic mass is 10.1. The van der Waals surface area contributed by atoms with Gasteiger partial charge < -0.3 is 15.2 Å². The molecule has 36 heavy (non-hydrogen) atoms. The van der Waals surface area contributed by atoms with Crippen molar-refractivity contribution < 1.29 is 14.0 Å². The van der Waals surface area contributed by atoms with Gasteiger partial charge in [0, 0.05) is 34.4 Å². The number of benzene rings is 4. The molecule has 0 aliphatic rings. The zero-order valence-electron chi connectivity index (χ0n) is 19.7. The van der Waals surface area contributed by atoms with Crippen LogP contribution in [0.15, 0.2) is 103 Å². The van der Waals surface area contributed by atoms with Gasteiger partial charge in [0.25, 0.3) is 11.8 Å². The van der Waals surface area contributed by atoms with E-state index in [1.54, 1.807) is 12.1 Å². The van der Waals surface area contributed by atoms with Crippen molar-refractivity contribution in [3.05, 3.63) is 131 Å². The number of para-hydroxylation sites is 1. The molecule has 0 saturated carbocycles. The van der Waals surface area contributed by atoms with Gasteiger partial charge in [-0.05, 0) is 67.1 Å². The van der Waals surface area contributed by atoms with Crippen LogP contribution in [0.5, 0.6) is 0 Å². The van der Waals surface area contributed by atoms with Gasteiger partial charge in [-0.25, -0.2) is 4.39 Å². The molecule has 0 spiro atoms. The number of hydrogen-bond donors (Lipinski definition) is 2. The lowest BCUT2D eigenvalue weighted by Crippen LogP contribution is -2.17. The first-order valence-electron chi connectivity index (χ1n) is 11.6. The summed E-state index contributed by atoms with van der Waals surface area (Å²) in [5.41, 5.74) is 5.07. The molecule has 0 unspecified atom stereocenters. The molecule has 0 bridgehead atoms. The number of fused-ring (bicyclic) bond motifs is 1. The Morgan fingerprint density at radius 3 is 2.31 bits per heavy atom. The Bertz CT molecular complexity index is 1570. The molecule has 0 radical (unpaired) electrons. The van der Waals surface area contributed by atoms with E-state index >= 15 is 0 Å². The minimum atomic E-state index is -0.472. The van der Waals surface area contributed by atoms with Gasteiger partial charge in [-0.3, -0.25) is 9.59 Å². The predicted octanol–water partition coefficient (Wildman–Crippen LogP) is 6.64. The van der Waals surface area contributed by atoms with Gasteiger partial charge in [0.05, 0.1) is 0 Å². The molecular weight excluding hydrogens is 453 g/mol. The van der Waals surface area contributed by atoms with Gasteiger partial charge in [0.2, 0.25) is 0 Å². The summed E-state index contributed by atoms with van der Waals surface area (Å²) in [5, 5.41) is 6.59. The molecule has 1 heterocycles. The number of aromatic nitrogens is 1. The number of hydrogen-bond acceptors (Lipinski definition) is 2. The summed E-state index contributed by atoms with van der Waals surface area (Å²) in [6.45, 7) is 2.55. The van der Waals surface area contributed by atoms with Crippen LogP contribution in [0.1, 0.15) is 32.0 Å². The lowest BCUT2D eigenvalue weighted by Gasteiger charge is -2.12. The van der Waals surface area contributed by atoms with Crippen molar-refractivity contribution in [2.75, 3.05) is 10.6 Å². The Kier molecular flexibility index (Phi) is 6.33. The Balaban J connectivity index is 1.51. The van der Waals surface area contributed by atoms with Crippen molar-refractivity contribution in [2.45, 2.75) is 13.5 Å². The summed E-state index contributed by atoms with van der Waals surface area (Å²) in [5.74, 6) is -1.11. The van der Waals surface area contributed by atoms with E-state index in [0.29, 0.717) is 23.6 Å². The minimum Gasteiger partial charge on any atom is -0.332 e. The maximum atomic E-state index is 13.5. The van der Waals surface area contributed by atoms with Crippen molar-refractivity contribution in [3.8, 4) is 0 Å². The molecular formula is C30H24FN3O2. The first-order valence-corrected chi connectivity index (χ1v) is 11.6. The highest BCUT2D eigenvalue weighted by atomic mass is 19.1. The molecule has 0 aliphatic carbocycles. The largest absolute Gasteiger partial charge is 0.332 e. The SMILES string of the molecule is Cc1cccc(Cn2c(C(=O)Nc3ccccc3)cc3cc(NC(=O)c4cccc(F)c4)ccc32)c1. The van der Waals surface area contributed by atoms with Crippen LogP contribution in [-0.4, -0.2) is 16.4 Å². The zero-order valence-corrected chi connectivity index (χ0v) is 19.7. The summed E-state index contributed by atoms with van der Waals surface area (Å²) in [6.07, 6.45) is 0. The molecule has 6 heteroatoms. The van der Waals surface area contributed by atoms with Gasteiger partial charge in [0.1, 0.15) is 11.5 Å². The van der Waals surface area contributed by atoms with Crippen molar-refractivity contribution in [1.29, 1.82) is 0 Å². The quantitative estimate of drug-likeness (QED) is 0.288. The number of anilines is 2. The monoisotopic (exact) mass is 477 g/mol. The Morgan fingerprint density at radius 1 is 0.750 bits per heavy atom. The third kappa shape index (κ3) is 5.03. The fourth-order valence-corrected chi connectivity index (χ4v) is 4.25. The number of carbonyl (C=O) groups excluding carboxylic acids is 2. The van der Waals surface area contributed by atoms with Crippen LogP contribution in [0.2, 0.25) is 0 Å². The second-order valence-corrected chi connectivity index (χ2v) is 8.66. The van der Waals surface area contributed by atoms with E-state index in [1.807, 2.05) is 78.2 Å². The van der Waals surface area contributed by atoms with E-state index in [1.165, 1.54) is 18.2 Å². The Hall–Kier alpha value is -4.71. The number of halogens is 1. The highest BCUT2D eigenvalue weighted by molar-refractivity contribution is 6.08. The molecule has 0 saturated heterocycles. The van der Waals surface area contributed by atoms with E-state index in [4.69, 9.17) is 0 Å². The van der Waals surface area contributed by atoms with E-state index in [2.05, 4.69) is 16.7 Å². The average molecular weight is 478 g/mol. The van der Waals surface area contributed by atoms with Crippen LogP contribution in [-0.2, 0) is 6.54 Å². The second kappa shape index (κ2) is 9.88. The smallest absolute Gasteiger partial charge is 0.272 e. The number of rotatable bonds is 6. The number of nitrogens with zero attached hydrogens (tertiary/aromatic N) is 1. The van der Waals surface area contributed by atoms with Crippen LogP contribution >= 0.6 is 0 Å². The predicted molar refractivity (Wildman–Crippen MR) is 141 cm³/mol. The van der Waals surface area contributed by atoms with E-state index in [-0.39, 0.29) is 11.5 Å². The van der Waals surface area contributed by atoms with E-state index in [9.17, 15) is 14.0 Å². The second-order valence-electron chi connectivity index (χ2n) is 8.66. The molecule has 5 nitrogen and oxygen atoms in total. The maximum absolute atomic E-state index is 13.5. The summed E-state index contributed by atoms with van der Waals surface area (Å²) in [4.78, 5) is 25.9.